The molecule has 1 aromatic carbocycles. The number of aromatic hydroxyl groups is 1. The first-order valence-corrected chi connectivity index (χ1v) is 6.85. The summed E-state index contributed by atoms with van der Waals surface area (Å²) in [6, 6.07) is 7.35. The van der Waals surface area contributed by atoms with Crippen LogP contribution in [-0.2, 0) is 0 Å². The molecule has 2 aromatic rings. The van der Waals surface area contributed by atoms with E-state index in [-0.39, 0.29) is 5.75 Å². The lowest BCUT2D eigenvalue weighted by molar-refractivity contribution is 0.393. The van der Waals surface area contributed by atoms with Gasteiger partial charge < -0.3 is 15.7 Å². The fourth-order valence-electron chi connectivity index (χ4n) is 2.64. The molecule has 1 aliphatic rings. The molecule has 3 N–H and O–H groups in total. The van der Waals surface area contributed by atoms with Crippen molar-refractivity contribution in [1.29, 1.82) is 0 Å². The van der Waals surface area contributed by atoms with Crippen LogP contribution in [0.2, 0.25) is 0 Å². The molecule has 0 saturated carbocycles. The zero-order valence-electron chi connectivity index (χ0n) is 10.9. The van der Waals surface area contributed by atoms with Crippen LogP contribution >= 0.6 is 0 Å². The van der Waals surface area contributed by atoms with Crippen molar-refractivity contribution in [3.8, 4) is 5.75 Å². The second-order valence-corrected chi connectivity index (χ2v) is 5.16. The van der Waals surface area contributed by atoms with Gasteiger partial charge in [-0.2, -0.15) is 0 Å². The highest BCUT2D eigenvalue weighted by molar-refractivity contribution is 5.92. The van der Waals surface area contributed by atoms with Crippen LogP contribution in [0.15, 0.2) is 30.5 Å². The molecular formula is C15H19N3O. The van der Waals surface area contributed by atoms with Crippen LogP contribution in [0.25, 0.3) is 10.8 Å². The average Bonchev–Trinajstić information content (AvgIpc) is 2.46. The lowest BCUT2D eigenvalue weighted by atomic mass is 10.00. The van der Waals surface area contributed by atoms with Crippen molar-refractivity contribution < 1.29 is 5.11 Å². The third kappa shape index (κ3) is 2.79. The van der Waals surface area contributed by atoms with Gasteiger partial charge in [-0.25, -0.2) is 4.98 Å². The van der Waals surface area contributed by atoms with Crippen LogP contribution in [0, 0.1) is 5.92 Å². The fourth-order valence-corrected chi connectivity index (χ4v) is 2.64. The van der Waals surface area contributed by atoms with Gasteiger partial charge in [-0.3, -0.25) is 0 Å². The number of fused-ring (bicyclic) bond motifs is 1. The van der Waals surface area contributed by atoms with Gasteiger partial charge in [-0.15, -0.1) is 0 Å². The SMILES string of the molecule is Oc1ccc2ccnc(NCC3CCCNC3)c2c1. The molecule has 1 atom stereocenters. The Balaban J connectivity index is 1.78. The van der Waals surface area contributed by atoms with Crippen LogP contribution in [0.3, 0.4) is 0 Å². The minimum Gasteiger partial charge on any atom is -0.508 e. The van der Waals surface area contributed by atoms with Crippen molar-refractivity contribution >= 4 is 16.6 Å². The number of rotatable bonds is 3. The second-order valence-electron chi connectivity index (χ2n) is 5.16. The lowest BCUT2D eigenvalue weighted by Gasteiger charge is -2.23. The van der Waals surface area contributed by atoms with Crippen molar-refractivity contribution in [2.75, 3.05) is 25.0 Å². The van der Waals surface area contributed by atoms with Crippen molar-refractivity contribution in [3.05, 3.63) is 30.5 Å². The first-order chi connectivity index (χ1) is 9.33. The Bertz CT molecular complexity index is 564. The molecule has 0 bridgehead atoms. The van der Waals surface area contributed by atoms with Gasteiger partial charge in [0.2, 0.25) is 0 Å². The van der Waals surface area contributed by atoms with E-state index in [1.807, 2.05) is 12.1 Å². The number of phenolic OH excluding ortho intramolecular Hbond substituents is 1. The number of piperidine rings is 1. The van der Waals surface area contributed by atoms with Gasteiger partial charge in [0.25, 0.3) is 0 Å². The predicted molar refractivity (Wildman–Crippen MR) is 77.5 cm³/mol. The number of aromatic nitrogens is 1. The monoisotopic (exact) mass is 257 g/mol. The highest BCUT2D eigenvalue weighted by Crippen LogP contribution is 2.25. The molecule has 0 radical (unpaired) electrons. The average molecular weight is 257 g/mol. The molecule has 1 fully saturated rings. The van der Waals surface area contributed by atoms with Crippen LogP contribution < -0.4 is 10.6 Å². The van der Waals surface area contributed by atoms with Gasteiger partial charge in [0.15, 0.2) is 0 Å². The van der Waals surface area contributed by atoms with Crippen LogP contribution in [0.5, 0.6) is 5.75 Å². The molecular weight excluding hydrogens is 238 g/mol. The number of hydrogen-bond donors (Lipinski definition) is 3. The second kappa shape index (κ2) is 5.45. The summed E-state index contributed by atoms with van der Waals surface area (Å²) in [5, 5.41) is 18.5. The third-order valence-corrected chi connectivity index (χ3v) is 3.71. The lowest BCUT2D eigenvalue weighted by Crippen LogP contribution is -2.33. The first-order valence-electron chi connectivity index (χ1n) is 6.85. The topological polar surface area (TPSA) is 57.2 Å². The Morgan fingerprint density at radius 2 is 2.32 bits per heavy atom. The molecule has 0 amide bonds. The number of anilines is 1. The molecule has 0 aliphatic carbocycles. The molecule has 4 heteroatoms. The minimum absolute atomic E-state index is 0.280. The summed E-state index contributed by atoms with van der Waals surface area (Å²) in [4.78, 5) is 4.39. The molecule has 1 unspecified atom stereocenters. The van der Waals surface area contributed by atoms with Crippen molar-refractivity contribution in [1.82, 2.24) is 10.3 Å². The molecule has 1 aliphatic heterocycles. The Kier molecular flexibility index (Phi) is 3.51. The maximum atomic E-state index is 9.61. The summed E-state index contributed by atoms with van der Waals surface area (Å²) in [5.74, 6) is 1.80. The molecule has 2 heterocycles. The van der Waals surface area contributed by atoms with Crippen LogP contribution in [0.1, 0.15) is 12.8 Å². The molecule has 19 heavy (non-hydrogen) atoms. The largest absolute Gasteiger partial charge is 0.508 e. The van der Waals surface area contributed by atoms with E-state index in [1.54, 1.807) is 18.3 Å². The third-order valence-electron chi connectivity index (χ3n) is 3.71. The highest BCUT2D eigenvalue weighted by atomic mass is 16.3. The summed E-state index contributed by atoms with van der Waals surface area (Å²) < 4.78 is 0. The number of nitrogens with one attached hydrogen (secondary N) is 2. The van der Waals surface area contributed by atoms with E-state index in [4.69, 9.17) is 0 Å². The van der Waals surface area contributed by atoms with Gasteiger partial charge in [0.1, 0.15) is 11.6 Å². The summed E-state index contributed by atoms with van der Waals surface area (Å²) in [6.45, 7) is 3.13. The van der Waals surface area contributed by atoms with Crippen LogP contribution in [0.4, 0.5) is 5.82 Å². The predicted octanol–water partition coefficient (Wildman–Crippen LogP) is 2.35. The van der Waals surface area contributed by atoms with E-state index in [0.29, 0.717) is 5.92 Å². The standard InChI is InChI=1S/C15H19N3O/c19-13-4-3-12-5-7-17-15(14(12)8-13)18-10-11-2-1-6-16-9-11/h3-5,7-8,11,16,19H,1-2,6,9-10H2,(H,17,18). The van der Waals surface area contributed by atoms with Crippen molar-refractivity contribution in [2.24, 2.45) is 5.92 Å². The van der Waals surface area contributed by atoms with Gasteiger partial charge in [0, 0.05) is 18.1 Å². The van der Waals surface area contributed by atoms with Crippen molar-refractivity contribution in [3.63, 3.8) is 0 Å². The molecule has 1 saturated heterocycles. The zero-order chi connectivity index (χ0) is 13.1. The van der Waals surface area contributed by atoms with E-state index >= 15 is 0 Å². The van der Waals surface area contributed by atoms with Gasteiger partial charge in [-0.1, -0.05) is 6.07 Å². The zero-order valence-corrected chi connectivity index (χ0v) is 10.9. The number of pyridine rings is 1. The molecule has 3 rings (SSSR count). The summed E-state index contributed by atoms with van der Waals surface area (Å²) in [6.07, 6.45) is 4.31. The highest BCUT2D eigenvalue weighted by Gasteiger charge is 2.13. The fraction of sp³-hybridized carbons (Fsp3) is 0.400. The van der Waals surface area contributed by atoms with Crippen LogP contribution in [-0.4, -0.2) is 29.7 Å². The normalized spacial score (nSPS) is 19.5. The minimum atomic E-state index is 0.280. The van der Waals surface area contributed by atoms with E-state index < -0.39 is 0 Å². The number of phenols is 1. The van der Waals surface area contributed by atoms with E-state index in [9.17, 15) is 5.11 Å². The smallest absolute Gasteiger partial charge is 0.133 e. The Morgan fingerprint density at radius 1 is 1.37 bits per heavy atom. The quantitative estimate of drug-likeness (QED) is 0.790. The molecule has 1 aromatic heterocycles. The number of hydrogen-bond acceptors (Lipinski definition) is 4. The first kappa shape index (κ1) is 12.2. The molecule has 100 valence electrons. The van der Waals surface area contributed by atoms with E-state index in [2.05, 4.69) is 15.6 Å². The molecule has 0 spiro atoms. The summed E-state index contributed by atoms with van der Waals surface area (Å²) >= 11 is 0. The Morgan fingerprint density at radius 3 is 3.16 bits per heavy atom. The Labute approximate surface area is 112 Å². The maximum Gasteiger partial charge on any atom is 0.133 e. The van der Waals surface area contributed by atoms with Gasteiger partial charge >= 0.3 is 0 Å². The number of benzene rings is 1. The van der Waals surface area contributed by atoms with Gasteiger partial charge in [0.05, 0.1) is 0 Å². The number of nitrogens with zero attached hydrogens (tertiary/aromatic N) is 1. The van der Waals surface area contributed by atoms with E-state index in [1.165, 1.54) is 12.8 Å². The maximum absolute atomic E-state index is 9.61. The summed E-state index contributed by atoms with van der Waals surface area (Å²) in [5.41, 5.74) is 0. The van der Waals surface area contributed by atoms with Gasteiger partial charge in [-0.05, 0) is 55.4 Å². The molecule has 4 nitrogen and oxygen atoms in total. The van der Waals surface area contributed by atoms with Crippen molar-refractivity contribution in [2.45, 2.75) is 12.8 Å². The summed E-state index contributed by atoms with van der Waals surface area (Å²) in [7, 11) is 0. The Hall–Kier alpha value is -1.81. The van der Waals surface area contributed by atoms with E-state index in [0.717, 1.165) is 36.2 Å².